The van der Waals surface area contributed by atoms with E-state index >= 15 is 0 Å². The highest BCUT2D eigenvalue weighted by molar-refractivity contribution is 7.09. The maximum Gasteiger partial charge on any atom is 0.220 e. The molecule has 3 rings (SSSR count). The Balaban J connectivity index is 1.42. The summed E-state index contributed by atoms with van der Waals surface area (Å²) in [7, 11) is 0. The van der Waals surface area contributed by atoms with Gasteiger partial charge in [-0.3, -0.25) is 14.9 Å². The zero-order valence-electron chi connectivity index (χ0n) is 13.3. The normalized spacial score (nSPS) is 10.7. The molecule has 3 heterocycles. The summed E-state index contributed by atoms with van der Waals surface area (Å²) in [5, 5.41) is 9.97. The highest BCUT2D eigenvalue weighted by Gasteiger charge is 2.08. The van der Waals surface area contributed by atoms with Crippen LogP contribution in [0.15, 0.2) is 30.0 Å². The van der Waals surface area contributed by atoms with Gasteiger partial charge in [0, 0.05) is 42.2 Å². The zero-order chi connectivity index (χ0) is 16.8. The van der Waals surface area contributed by atoms with Gasteiger partial charge in [0.05, 0.1) is 11.2 Å². The molecule has 0 aliphatic heterocycles. The second-order valence-corrected chi connectivity index (χ2v) is 6.25. The molecule has 0 atom stereocenters. The molecule has 1 amide bonds. The summed E-state index contributed by atoms with van der Waals surface area (Å²) in [5.74, 6) is 1.40. The quantitative estimate of drug-likeness (QED) is 0.684. The first-order valence-corrected chi connectivity index (χ1v) is 8.57. The number of nitrogens with one attached hydrogen (secondary N) is 2. The van der Waals surface area contributed by atoms with E-state index in [1.165, 1.54) is 4.88 Å². The van der Waals surface area contributed by atoms with Gasteiger partial charge < -0.3 is 5.32 Å². The van der Waals surface area contributed by atoms with Crippen LogP contribution in [0.1, 0.15) is 22.8 Å². The number of rotatable bonds is 7. The molecule has 3 aromatic rings. The molecule has 124 valence electrons. The van der Waals surface area contributed by atoms with Crippen LogP contribution in [0.3, 0.4) is 0 Å². The molecule has 0 bridgehead atoms. The van der Waals surface area contributed by atoms with E-state index < -0.39 is 0 Å². The standard InChI is InChI=1S/C16H18N6OS/c1-11-13(24-10-19-11)4-5-15(23)18-8-6-14-20-16(22-21-14)12-3-2-7-17-9-12/h2-3,7,9-10H,4-6,8H2,1H3,(H,18,23)(H,20,21,22). The van der Waals surface area contributed by atoms with E-state index in [0.29, 0.717) is 25.2 Å². The number of hydrogen-bond donors (Lipinski definition) is 2. The minimum atomic E-state index is 0.0369. The maximum absolute atomic E-state index is 11.9. The van der Waals surface area contributed by atoms with Crippen molar-refractivity contribution in [2.45, 2.75) is 26.2 Å². The molecule has 0 radical (unpaired) electrons. The molecule has 0 spiro atoms. The monoisotopic (exact) mass is 342 g/mol. The van der Waals surface area contributed by atoms with Gasteiger partial charge in [-0.15, -0.1) is 11.3 Å². The van der Waals surface area contributed by atoms with E-state index in [0.717, 1.165) is 23.5 Å². The van der Waals surface area contributed by atoms with E-state index in [4.69, 9.17) is 0 Å². The van der Waals surface area contributed by atoms with Crippen LogP contribution in [0.4, 0.5) is 0 Å². The van der Waals surface area contributed by atoms with E-state index in [9.17, 15) is 4.79 Å². The first kappa shape index (κ1) is 16.3. The highest BCUT2D eigenvalue weighted by Crippen LogP contribution is 2.14. The fourth-order valence-electron chi connectivity index (χ4n) is 2.23. The lowest BCUT2D eigenvalue weighted by atomic mass is 10.2. The lowest BCUT2D eigenvalue weighted by Crippen LogP contribution is -2.26. The van der Waals surface area contributed by atoms with Gasteiger partial charge in [-0.25, -0.2) is 9.97 Å². The van der Waals surface area contributed by atoms with Crippen molar-refractivity contribution in [3.8, 4) is 11.4 Å². The molecule has 3 aromatic heterocycles. The Morgan fingerprint density at radius 3 is 3.04 bits per heavy atom. The first-order chi connectivity index (χ1) is 11.7. The SMILES string of the molecule is Cc1ncsc1CCC(=O)NCCc1nc(-c2cccnc2)n[nH]1. The molecular weight excluding hydrogens is 324 g/mol. The fraction of sp³-hybridized carbons (Fsp3) is 0.312. The number of carbonyl (C=O) groups is 1. The van der Waals surface area contributed by atoms with Crippen molar-refractivity contribution in [2.75, 3.05) is 6.54 Å². The van der Waals surface area contributed by atoms with E-state index in [1.54, 1.807) is 23.7 Å². The van der Waals surface area contributed by atoms with Gasteiger partial charge in [-0.2, -0.15) is 5.10 Å². The number of hydrogen-bond acceptors (Lipinski definition) is 6. The molecule has 0 aliphatic rings. The van der Waals surface area contributed by atoms with Crippen LogP contribution in [0, 0.1) is 6.92 Å². The molecule has 0 fully saturated rings. The van der Waals surface area contributed by atoms with Gasteiger partial charge in [-0.05, 0) is 25.5 Å². The number of nitrogens with zero attached hydrogens (tertiary/aromatic N) is 4. The first-order valence-electron chi connectivity index (χ1n) is 7.69. The number of aryl methyl sites for hydroxylation is 2. The Morgan fingerprint density at radius 1 is 1.38 bits per heavy atom. The lowest BCUT2D eigenvalue weighted by molar-refractivity contribution is -0.121. The van der Waals surface area contributed by atoms with Crippen molar-refractivity contribution >= 4 is 17.2 Å². The zero-order valence-corrected chi connectivity index (χ0v) is 14.1. The largest absolute Gasteiger partial charge is 0.356 e. The molecule has 0 saturated heterocycles. The Hall–Kier alpha value is -2.61. The number of thiazole rings is 1. The predicted molar refractivity (Wildman–Crippen MR) is 91.5 cm³/mol. The summed E-state index contributed by atoms with van der Waals surface area (Å²) in [4.78, 5) is 25.7. The summed E-state index contributed by atoms with van der Waals surface area (Å²) in [6, 6.07) is 3.75. The molecule has 8 heteroatoms. The number of aromatic amines is 1. The second kappa shape index (κ2) is 7.78. The average molecular weight is 342 g/mol. The number of amides is 1. The van der Waals surface area contributed by atoms with Gasteiger partial charge in [0.2, 0.25) is 5.91 Å². The van der Waals surface area contributed by atoms with E-state index in [2.05, 4.69) is 30.5 Å². The molecule has 0 aliphatic carbocycles. The molecule has 2 N–H and O–H groups in total. The minimum Gasteiger partial charge on any atom is -0.356 e. The number of aromatic nitrogens is 5. The Kier molecular flexibility index (Phi) is 5.27. The third-order valence-electron chi connectivity index (χ3n) is 3.56. The second-order valence-electron chi connectivity index (χ2n) is 5.31. The van der Waals surface area contributed by atoms with Gasteiger partial charge in [-0.1, -0.05) is 0 Å². The van der Waals surface area contributed by atoms with Crippen molar-refractivity contribution in [3.63, 3.8) is 0 Å². The van der Waals surface area contributed by atoms with Crippen molar-refractivity contribution in [1.29, 1.82) is 0 Å². The Labute approximate surface area is 143 Å². The summed E-state index contributed by atoms with van der Waals surface area (Å²) in [5.41, 5.74) is 3.69. The molecule has 0 saturated carbocycles. The van der Waals surface area contributed by atoms with Crippen molar-refractivity contribution in [2.24, 2.45) is 0 Å². The number of H-pyrrole nitrogens is 1. The van der Waals surface area contributed by atoms with Crippen LogP contribution in [0.2, 0.25) is 0 Å². The number of carbonyl (C=O) groups excluding carboxylic acids is 1. The summed E-state index contributed by atoms with van der Waals surface area (Å²) in [6.07, 6.45) is 5.24. The summed E-state index contributed by atoms with van der Waals surface area (Å²) < 4.78 is 0. The van der Waals surface area contributed by atoms with Gasteiger partial charge in [0.1, 0.15) is 5.82 Å². The average Bonchev–Trinajstić information content (AvgIpc) is 3.23. The number of pyridine rings is 1. The van der Waals surface area contributed by atoms with Crippen LogP contribution in [-0.2, 0) is 17.6 Å². The molecule has 0 aromatic carbocycles. The maximum atomic E-state index is 11.9. The van der Waals surface area contributed by atoms with Crippen LogP contribution in [-0.4, -0.2) is 37.6 Å². The van der Waals surface area contributed by atoms with Crippen molar-refractivity contribution in [1.82, 2.24) is 30.5 Å². The Morgan fingerprint density at radius 2 is 2.29 bits per heavy atom. The summed E-state index contributed by atoms with van der Waals surface area (Å²) >= 11 is 1.59. The van der Waals surface area contributed by atoms with Crippen LogP contribution >= 0.6 is 11.3 Å². The highest BCUT2D eigenvalue weighted by atomic mass is 32.1. The fourth-order valence-corrected chi connectivity index (χ4v) is 3.01. The van der Waals surface area contributed by atoms with E-state index in [1.807, 2.05) is 24.6 Å². The smallest absolute Gasteiger partial charge is 0.220 e. The lowest BCUT2D eigenvalue weighted by Gasteiger charge is -2.03. The molecule has 0 unspecified atom stereocenters. The molecule has 7 nitrogen and oxygen atoms in total. The van der Waals surface area contributed by atoms with Crippen LogP contribution in [0.5, 0.6) is 0 Å². The van der Waals surface area contributed by atoms with Crippen LogP contribution < -0.4 is 5.32 Å². The van der Waals surface area contributed by atoms with Crippen LogP contribution in [0.25, 0.3) is 11.4 Å². The predicted octanol–water partition coefficient (Wildman–Crippen LogP) is 1.92. The topological polar surface area (TPSA) is 96.5 Å². The third kappa shape index (κ3) is 4.23. The van der Waals surface area contributed by atoms with E-state index in [-0.39, 0.29) is 5.91 Å². The summed E-state index contributed by atoms with van der Waals surface area (Å²) in [6.45, 7) is 2.50. The van der Waals surface area contributed by atoms with Gasteiger partial charge >= 0.3 is 0 Å². The molecular formula is C16H18N6OS. The Bertz CT molecular complexity index is 798. The van der Waals surface area contributed by atoms with Gasteiger partial charge in [0.15, 0.2) is 5.82 Å². The molecule has 24 heavy (non-hydrogen) atoms. The van der Waals surface area contributed by atoms with Crippen molar-refractivity contribution < 1.29 is 4.79 Å². The van der Waals surface area contributed by atoms with Gasteiger partial charge in [0.25, 0.3) is 0 Å². The minimum absolute atomic E-state index is 0.0369. The third-order valence-corrected chi connectivity index (χ3v) is 4.55. The van der Waals surface area contributed by atoms with Crippen molar-refractivity contribution in [3.05, 3.63) is 46.4 Å².